The van der Waals surface area contributed by atoms with Crippen molar-refractivity contribution in [2.75, 3.05) is 18.5 Å². The average molecular weight is 270 g/mol. The Bertz CT molecular complexity index is 417. The van der Waals surface area contributed by atoms with Crippen LogP contribution < -0.4 is 5.32 Å². The minimum absolute atomic E-state index is 0.270. The summed E-state index contributed by atoms with van der Waals surface area (Å²) >= 11 is 6.16. The van der Waals surface area contributed by atoms with Gasteiger partial charge in [0.1, 0.15) is 16.8 Å². The van der Waals surface area contributed by atoms with Crippen LogP contribution in [-0.2, 0) is 4.74 Å². The van der Waals surface area contributed by atoms with Crippen molar-refractivity contribution in [2.45, 2.75) is 45.6 Å². The Labute approximate surface area is 113 Å². The van der Waals surface area contributed by atoms with E-state index in [0.717, 1.165) is 43.3 Å². The molecule has 1 aliphatic rings. The number of hydrogen-bond donors (Lipinski definition) is 1. The molecule has 0 aliphatic carbocycles. The van der Waals surface area contributed by atoms with Gasteiger partial charge in [0.2, 0.25) is 0 Å². The van der Waals surface area contributed by atoms with Crippen molar-refractivity contribution < 1.29 is 4.74 Å². The molecule has 18 heavy (non-hydrogen) atoms. The highest BCUT2D eigenvalue weighted by molar-refractivity contribution is 6.30. The van der Waals surface area contributed by atoms with Crippen LogP contribution in [0.3, 0.4) is 0 Å². The van der Waals surface area contributed by atoms with E-state index < -0.39 is 0 Å². The van der Waals surface area contributed by atoms with Gasteiger partial charge >= 0.3 is 0 Å². The fourth-order valence-electron chi connectivity index (χ4n) is 1.95. The Morgan fingerprint density at radius 2 is 2.17 bits per heavy atom. The fraction of sp³-hybridized carbons (Fsp3) is 0.692. The third kappa shape index (κ3) is 3.12. The smallest absolute Gasteiger partial charge is 0.137 e. The van der Waals surface area contributed by atoms with Gasteiger partial charge in [-0.05, 0) is 19.8 Å². The molecule has 0 radical (unpaired) electrons. The number of nitrogens with one attached hydrogen (secondary N) is 1. The van der Waals surface area contributed by atoms with Crippen molar-refractivity contribution in [3.8, 4) is 0 Å². The summed E-state index contributed by atoms with van der Waals surface area (Å²) < 4.78 is 5.46. The zero-order valence-electron chi connectivity index (χ0n) is 11.2. The van der Waals surface area contributed by atoms with Gasteiger partial charge in [0.25, 0.3) is 0 Å². The van der Waals surface area contributed by atoms with Gasteiger partial charge in [0, 0.05) is 18.1 Å². The van der Waals surface area contributed by atoms with Gasteiger partial charge in [0.05, 0.1) is 12.6 Å². The number of aromatic nitrogens is 2. The maximum Gasteiger partial charge on any atom is 0.137 e. The number of anilines is 1. The molecule has 1 aliphatic heterocycles. The van der Waals surface area contributed by atoms with Gasteiger partial charge in [-0.2, -0.15) is 0 Å². The van der Waals surface area contributed by atoms with Crippen LogP contribution in [0.25, 0.3) is 0 Å². The second kappa shape index (κ2) is 5.85. The average Bonchev–Trinajstić information content (AvgIpc) is 2.35. The van der Waals surface area contributed by atoms with E-state index in [4.69, 9.17) is 16.3 Å². The van der Waals surface area contributed by atoms with E-state index in [1.165, 1.54) is 0 Å². The normalized spacial score (nSPS) is 20.2. The van der Waals surface area contributed by atoms with Crippen LogP contribution in [0, 0.1) is 6.92 Å². The van der Waals surface area contributed by atoms with Gasteiger partial charge in [-0.3, -0.25) is 0 Å². The molecule has 0 spiro atoms. The molecule has 4 nitrogen and oxygen atoms in total. The summed E-state index contributed by atoms with van der Waals surface area (Å²) in [5.41, 5.74) is 0.909. The number of rotatable bonds is 3. The van der Waals surface area contributed by atoms with Crippen molar-refractivity contribution in [3.05, 3.63) is 16.5 Å². The number of ether oxygens (including phenoxy) is 1. The number of nitrogens with zero attached hydrogens (tertiary/aromatic N) is 2. The van der Waals surface area contributed by atoms with Gasteiger partial charge in [-0.15, -0.1) is 0 Å². The van der Waals surface area contributed by atoms with E-state index in [9.17, 15) is 0 Å². The van der Waals surface area contributed by atoms with E-state index in [2.05, 4.69) is 29.1 Å². The first-order chi connectivity index (χ1) is 8.58. The second-order valence-corrected chi connectivity index (χ2v) is 5.42. The first kappa shape index (κ1) is 13.6. The predicted molar refractivity (Wildman–Crippen MR) is 73.3 cm³/mol. The van der Waals surface area contributed by atoms with Crippen molar-refractivity contribution in [1.29, 1.82) is 0 Å². The lowest BCUT2D eigenvalue weighted by Crippen LogP contribution is -2.31. The molecule has 1 fully saturated rings. The maximum absolute atomic E-state index is 6.16. The van der Waals surface area contributed by atoms with Crippen LogP contribution in [0.4, 0.5) is 5.82 Å². The molecule has 5 heteroatoms. The summed E-state index contributed by atoms with van der Waals surface area (Å²) in [7, 11) is 0. The van der Waals surface area contributed by atoms with Crippen LogP contribution in [-0.4, -0.2) is 29.2 Å². The summed E-state index contributed by atoms with van der Waals surface area (Å²) in [6.07, 6.45) is 2.20. The van der Waals surface area contributed by atoms with Gasteiger partial charge in [0.15, 0.2) is 0 Å². The Kier molecular flexibility index (Phi) is 4.40. The van der Waals surface area contributed by atoms with Crippen molar-refractivity contribution in [2.24, 2.45) is 0 Å². The molecule has 0 bridgehead atoms. The molecule has 2 rings (SSSR count). The van der Waals surface area contributed by atoms with Gasteiger partial charge in [-0.1, -0.05) is 25.4 Å². The summed E-state index contributed by atoms with van der Waals surface area (Å²) in [6.45, 7) is 7.67. The molecule has 0 amide bonds. The molecule has 0 aromatic carbocycles. The summed E-state index contributed by atoms with van der Waals surface area (Å²) in [5, 5.41) is 3.96. The maximum atomic E-state index is 6.16. The lowest BCUT2D eigenvalue weighted by Gasteiger charge is -2.24. The molecule has 100 valence electrons. The van der Waals surface area contributed by atoms with E-state index in [1.807, 2.05) is 6.92 Å². The quantitative estimate of drug-likeness (QED) is 0.857. The van der Waals surface area contributed by atoms with Crippen molar-refractivity contribution in [3.63, 3.8) is 0 Å². The Balaban J connectivity index is 2.19. The SMILES string of the molecule is Cc1c(Cl)nc(C(C)C)nc1NC1CCCOC1. The third-order valence-electron chi connectivity index (χ3n) is 3.12. The minimum Gasteiger partial charge on any atom is -0.379 e. The highest BCUT2D eigenvalue weighted by Gasteiger charge is 2.17. The number of hydrogen-bond acceptors (Lipinski definition) is 4. The highest BCUT2D eigenvalue weighted by atomic mass is 35.5. The molecular formula is C13H20ClN3O. The molecule has 2 heterocycles. The summed E-state index contributed by atoms with van der Waals surface area (Å²) in [5.74, 6) is 1.89. The second-order valence-electron chi connectivity index (χ2n) is 5.06. The summed E-state index contributed by atoms with van der Waals surface area (Å²) in [4.78, 5) is 8.87. The van der Waals surface area contributed by atoms with Crippen LogP contribution in [0.15, 0.2) is 0 Å². The topological polar surface area (TPSA) is 47.0 Å². The van der Waals surface area contributed by atoms with Crippen LogP contribution >= 0.6 is 11.6 Å². The lowest BCUT2D eigenvalue weighted by atomic mass is 10.1. The molecule has 1 aromatic rings. The van der Waals surface area contributed by atoms with E-state index in [1.54, 1.807) is 0 Å². The Morgan fingerprint density at radius 3 is 2.78 bits per heavy atom. The molecule has 1 saturated heterocycles. The zero-order valence-corrected chi connectivity index (χ0v) is 11.9. The Hall–Kier alpha value is -0.870. The highest BCUT2D eigenvalue weighted by Crippen LogP contribution is 2.24. The first-order valence-electron chi connectivity index (χ1n) is 6.46. The molecule has 0 saturated carbocycles. The molecular weight excluding hydrogens is 250 g/mol. The van der Waals surface area contributed by atoms with Crippen molar-refractivity contribution in [1.82, 2.24) is 9.97 Å². The van der Waals surface area contributed by atoms with Crippen LogP contribution in [0.1, 0.15) is 44.0 Å². The zero-order chi connectivity index (χ0) is 13.1. The fourth-order valence-corrected chi connectivity index (χ4v) is 2.13. The van der Waals surface area contributed by atoms with E-state index in [-0.39, 0.29) is 5.92 Å². The first-order valence-corrected chi connectivity index (χ1v) is 6.84. The van der Waals surface area contributed by atoms with Gasteiger partial charge < -0.3 is 10.1 Å². The molecule has 1 atom stereocenters. The van der Waals surface area contributed by atoms with Crippen LogP contribution in [0.5, 0.6) is 0 Å². The lowest BCUT2D eigenvalue weighted by molar-refractivity contribution is 0.0875. The molecule has 1 unspecified atom stereocenters. The van der Waals surface area contributed by atoms with Crippen LogP contribution in [0.2, 0.25) is 5.15 Å². The summed E-state index contributed by atoms with van der Waals surface area (Å²) in [6, 6.07) is 0.323. The van der Waals surface area contributed by atoms with Gasteiger partial charge in [-0.25, -0.2) is 9.97 Å². The van der Waals surface area contributed by atoms with E-state index >= 15 is 0 Å². The molecule has 1 N–H and O–H groups in total. The molecule has 1 aromatic heterocycles. The monoisotopic (exact) mass is 269 g/mol. The predicted octanol–water partition coefficient (Wildman–Crippen LogP) is 3.15. The standard InChI is InChI=1S/C13H20ClN3O/c1-8(2)12-16-11(14)9(3)13(17-12)15-10-5-4-6-18-7-10/h8,10H,4-7H2,1-3H3,(H,15,16,17). The number of halogens is 1. The largest absolute Gasteiger partial charge is 0.379 e. The Morgan fingerprint density at radius 1 is 1.39 bits per heavy atom. The van der Waals surface area contributed by atoms with E-state index in [0.29, 0.717) is 11.2 Å². The minimum atomic E-state index is 0.270. The van der Waals surface area contributed by atoms with Crippen molar-refractivity contribution >= 4 is 17.4 Å². The third-order valence-corrected chi connectivity index (χ3v) is 3.49.